The fourth-order valence-corrected chi connectivity index (χ4v) is 4.16. The molecule has 21 heavy (non-hydrogen) atoms. The predicted molar refractivity (Wildman–Crippen MR) is 85.5 cm³/mol. The molecule has 1 nitrogen and oxygen atoms in total. The molecule has 0 amide bonds. The van der Waals surface area contributed by atoms with Crippen LogP contribution in [0.2, 0.25) is 0 Å². The summed E-state index contributed by atoms with van der Waals surface area (Å²) >= 11 is 0.152. The molecule has 5 heteroatoms. The first kappa shape index (κ1) is 19.1. The summed E-state index contributed by atoms with van der Waals surface area (Å²) in [6.45, 7) is 6.33. The number of thioether (sulfide) groups is 1. The van der Waals surface area contributed by atoms with Crippen LogP contribution in [0.3, 0.4) is 0 Å². The zero-order valence-corrected chi connectivity index (χ0v) is 14.2. The summed E-state index contributed by atoms with van der Waals surface area (Å²) < 4.78 is 36.9. The standard InChI is InChI=1S/C16H30F3NS/c1-3-5-13-6-7-15(12-20-9-4-2)14(11-13)8-10-21-16(17,18)19/h13-15,20H,3-12H2,1-2H3. The molecule has 126 valence electrons. The Kier molecular flexibility index (Phi) is 9.10. The Balaban J connectivity index is 2.43. The Hall–Kier alpha value is 0.100. The molecule has 1 aliphatic carbocycles. The van der Waals surface area contributed by atoms with Crippen molar-refractivity contribution in [1.29, 1.82) is 0 Å². The second kappa shape index (κ2) is 9.98. The molecule has 0 spiro atoms. The van der Waals surface area contributed by atoms with E-state index in [1.54, 1.807) is 0 Å². The van der Waals surface area contributed by atoms with Gasteiger partial charge in [-0.05, 0) is 56.5 Å². The topological polar surface area (TPSA) is 12.0 Å². The van der Waals surface area contributed by atoms with Gasteiger partial charge in [0.1, 0.15) is 0 Å². The Labute approximate surface area is 131 Å². The van der Waals surface area contributed by atoms with Crippen LogP contribution < -0.4 is 5.32 Å². The van der Waals surface area contributed by atoms with Gasteiger partial charge in [0, 0.05) is 5.75 Å². The van der Waals surface area contributed by atoms with Crippen LogP contribution >= 0.6 is 11.8 Å². The number of hydrogen-bond acceptors (Lipinski definition) is 2. The molecule has 0 aromatic heterocycles. The zero-order chi connectivity index (χ0) is 15.7. The van der Waals surface area contributed by atoms with E-state index in [1.807, 2.05) is 0 Å². The van der Waals surface area contributed by atoms with E-state index in [1.165, 1.54) is 25.7 Å². The van der Waals surface area contributed by atoms with Gasteiger partial charge >= 0.3 is 5.51 Å². The quantitative estimate of drug-likeness (QED) is 0.565. The maximum absolute atomic E-state index is 12.3. The summed E-state index contributed by atoms with van der Waals surface area (Å²) in [5.74, 6) is 1.99. The molecule has 1 N–H and O–H groups in total. The molecular weight excluding hydrogens is 295 g/mol. The van der Waals surface area contributed by atoms with E-state index in [9.17, 15) is 13.2 Å². The van der Waals surface area contributed by atoms with Gasteiger partial charge in [0.25, 0.3) is 0 Å². The van der Waals surface area contributed by atoms with Gasteiger partial charge in [-0.25, -0.2) is 0 Å². The van der Waals surface area contributed by atoms with Crippen molar-refractivity contribution in [3.8, 4) is 0 Å². The highest BCUT2D eigenvalue weighted by Crippen LogP contribution is 2.40. The van der Waals surface area contributed by atoms with Crippen molar-refractivity contribution < 1.29 is 13.2 Å². The molecule has 1 rings (SSSR count). The van der Waals surface area contributed by atoms with Crippen molar-refractivity contribution in [2.24, 2.45) is 17.8 Å². The minimum Gasteiger partial charge on any atom is -0.316 e. The molecule has 3 atom stereocenters. The van der Waals surface area contributed by atoms with E-state index >= 15 is 0 Å². The average molecular weight is 325 g/mol. The Morgan fingerprint density at radius 2 is 1.81 bits per heavy atom. The summed E-state index contributed by atoms with van der Waals surface area (Å²) in [6.07, 6.45) is 7.82. The summed E-state index contributed by atoms with van der Waals surface area (Å²) in [5.41, 5.74) is -4.08. The second-order valence-corrected chi connectivity index (χ2v) is 7.43. The Bertz CT molecular complexity index is 271. The van der Waals surface area contributed by atoms with Crippen LogP contribution in [0.4, 0.5) is 13.2 Å². The first-order valence-corrected chi connectivity index (χ1v) is 9.36. The molecule has 0 aromatic rings. The van der Waals surface area contributed by atoms with Gasteiger partial charge in [-0.15, -0.1) is 0 Å². The first-order valence-electron chi connectivity index (χ1n) is 8.37. The maximum atomic E-state index is 12.3. The third-order valence-corrected chi connectivity index (χ3v) is 5.30. The number of nitrogens with one attached hydrogen (secondary N) is 1. The van der Waals surface area contributed by atoms with Crippen molar-refractivity contribution in [2.75, 3.05) is 18.8 Å². The van der Waals surface area contributed by atoms with Crippen LogP contribution in [0.15, 0.2) is 0 Å². The molecule has 0 radical (unpaired) electrons. The second-order valence-electron chi connectivity index (χ2n) is 6.27. The van der Waals surface area contributed by atoms with Crippen LogP contribution in [-0.4, -0.2) is 24.4 Å². The molecule has 0 aliphatic heterocycles. The molecule has 1 fully saturated rings. The third kappa shape index (κ3) is 8.34. The monoisotopic (exact) mass is 325 g/mol. The van der Waals surface area contributed by atoms with Crippen molar-refractivity contribution >= 4 is 11.8 Å². The van der Waals surface area contributed by atoms with Crippen LogP contribution in [0.5, 0.6) is 0 Å². The molecular formula is C16H30F3NS. The average Bonchev–Trinajstić information content (AvgIpc) is 2.40. The SMILES string of the molecule is CCCNCC1CCC(CCC)CC1CCSC(F)(F)F. The van der Waals surface area contributed by atoms with E-state index in [0.717, 1.165) is 31.8 Å². The van der Waals surface area contributed by atoms with Crippen molar-refractivity contribution in [2.45, 2.75) is 64.3 Å². The Morgan fingerprint density at radius 3 is 2.43 bits per heavy atom. The minimum absolute atomic E-state index is 0.152. The molecule has 0 saturated heterocycles. The van der Waals surface area contributed by atoms with E-state index in [4.69, 9.17) is 0 Å². The zero-order valence-electron chi connectivity index (χ0n) is 13.3. The van der Waals surface area contributed by atoms with Gasteiger partial charge < -0.3 is 5.32 Å². The normalized spacial score (nSPS) is 27.0. The summed E-state index contributed by atoms with van der Waals surface area (Å²) in [4.78, 5) is 0. The van der Waals surface area contributed by atoms with Gasteiger partial charge in [-0.3, -0.25) is 0 Å². The van der Waals surface area contributed by atoms with Crippen molar-refractivity contribution in [3.63, 3.8) is 0 Å². The lowest BCUT2D eigenvalue weighted by molar-refractivity contribution is -0.0329. The summed E-state index contributed by atoms with van der Waals surface area (Å²) in [5, 5.41) is 3.46. The number of halogens is 3. The first-order chi connectivity index (χ1) is 9.96. The molecule has 0 bridgehead atoms. The third-order valence-electron chi connectivity index (χ3n) is 4.53. The highest BCUT2D eigenvalue weighted by atomic mass is 32.2. The number of alkyl halides is 3. The highest BCUT2D eigenvalue weighted by Gasteiger charge is 2.32. The Morgan fingerprint density at radius 1 is 1.05 bits per heavy atom. The number of rotatable bonds is 9. The van der Waals surface area contributed by atoms with E-state index in [2.05, 4.69) is 19.2 Å². The summed E-state index contributed by atoms with van der Waals surface area (Å²) in [7, 11) is 0. The highest BCUT2D eigenvalue weighted by molar-refractivity contribution is 8.00. The van der Waals surface area contributed by atoms with Crippen molar-refractivity contribution in [1.82, 2.24) is 5.32 Å². The van der Waals surface area contributed by atoms with Crippen LogP contribution in [0.1, 0.15) is 58.8 Å². The van der Waals surface area contributed by atoms with Crippen LogP contribution in [-0.2, 0) is 0 Å². The minimum atomic E-state index is -4.08. The van der Waals surface area contributed by atoms with Crippen molar-refractivity contribution in [3.05, 3.63) is 0 Å². The predicted octanol–water partition coefficient (Wildman–Crippen LogP) is 5.46. The fraction of sp³-hybridized carbons (Fsp3) is 1.00. The maximum Gasteiger partial charge on any atom is 0.441 e. The summed E-state index contributed by atoms with van der Waals surface area (Å²) in [6, 6.07) is 0. The lowest BCUT2D eigenvalue weighted by atomic mass is 9.71. The molecule has 3 unspecified atom stereocenters. The smallest absolute Gasteiger partial charge is 0.316 e. The largest absolute Gasteiger partial charge is 0.441 e. The van der Waals surface area contributed by atoms with Gasteiger partial charge in [-0.1, -0.05) is 44.9 Å². The fourth-order valence-electron chi connectivity index (χ4n) is 3.51. The van der Waals surface area contributed by atoms with E-state index < -0.39 is 5.51 Å². The number of hydrogen-bond donors (Lipinski definition) is 1. The molecule has 0 heterocycles. The van der Waals surface area contributed by atoms with Crippen LogP contribution in [0.25, 0.3) is 0 Å². The van der Waals surface area contributed by atoms with Gasteiger partial charge in [-0.2, -0.15) is 13.2 Å². The van der Waals surface area contributed by atoms with Gasteiger partial charge in [0.2, 0.25) is 0 Å². The lowest BCUT2D eigenvalue weighted by Gasteiger charge is -2.36. The van der Waals surface area contributed by atoms with E-state index in [0.29, 0.717) is 18.3 Å². The van der Waals surface area contributed by atoms with E-state index in [-0.39, 0.29) is 17.5 Å². The lowest BCUT2D eigenvalue weighted by Crippen LogP contribution is -2.34. The van der Waals surface area contributed by atoms with Gasteiger partial charge in [0.05, 0.1) is 0 Å². The van der Waals surface area contributed by atoms with Gasteiger partial charge in [0.15, 0.2) is 0 Å². The molecule has 1 aliphatic rings. The van der Waals surface area contributed by atoms with Crippen LogP contribution in [0, 0.1) is 17.8 Å². The molecule has 0 aromatic carbocycles. The molecule has 1 saturated carbocycles.